The Labute approximate surface area is 142 Å². The highest BCUT2D eigenvalue weighted by Crippen LogP contribution is 2.32. The Balaban J connectivity index is 2.21. The summed E-state index contributed by atoms with van der Waals surface area (Å²) in [7, 11) is 1.97. The molecule has 106 valence electrons. The number of halogens is 2. The number of nitrogens with zero attached hydrogens (tertiary/aromatic N) is 1. The van der Waals surface area contributed by atoms with Crippen LogP contribution in [0, 0.1) is 3.57 Å². The van der Waals surface area contributed by atoms with Crippen molar-refractivity contribution in [2.24, 2.45) is 0 Å². The molecule has 1 atom stereocenters. The van der Waals surface area contributed by atoms with Gasteiger partial charge in [-0.1, -0.05) is 29.8 Å². The fraction of sp³-hybridized carbons (Fsp3) is 0.118. The van der Waals surface area contributed by atoms with Crippen LogP contribution in [0.1, 0.15) is 17.2 Å². The number of aromatic nitrogens is 1. The van der Waals surface area contributed by atoms with Crippen molar-refractivity contribution in [1.29, 1.82) is 0 Å². The lowest BCUT2D eigenvalue weighted by Gasteiger charge is -2.20. The topological polar surface area (TPSA) is 24.9 Å². The lowest BCUT2D eigenvalue weighted by molar-refractivity contribution is 0.693. The van der Waals surface area contributed by atoms with Gasteiger partial charge in [-0.2, -0.15) is 0 Å². The molecule has 21 heavy (non-hydrogen) atoms. The highest BCUT2D eigenvalue weighted by atomic mass is 127. The standard InChI is InChI=1S/C17H14ClIN2/c1-20-17(14-10-11(18)7-8-15(14)19)13-4-2-6-16-12(13)5-3-9-21-16/h2-10,17,20H,1H3. The van der Waals surface area contributed by atoms with E-state index in [1.54, 1.807) is 0 Å². The van der Waals surface area contributed by atoms with Crippen LogP contribution in [0.5, 0.6) is 0 Å². The molecule has 2 aromatic carbocycles. The zero-order valence-corrected chi connectivity index (χ0v) is 14.4. The van der Waals surface area contributed by atoms with E-state index in [9.17, 15) is 0 Å². The van der Waals surface area contributed by atoms with E-state index in [0.29, 0.717) is 0 Å². The molecular formula is C17H14ClIN2. The molecule has 0 spiro atoms. The van der Waals surface area contributed by atoms with E-state index < -0.39 is 0 Å². The number of nitrogens with one attached hydrogen (secondary N) is 1. The molecule has 1 N–H and O–H groups in total. The lowest BCUT2D eigenvalue weighted by atomic mass is 9.95. The van der Waals surface area contributed by atoms with Gasteiger partial charge >= 0.3 is 0 Å². The maximum Gasteiger partial charge on any atom is 0.0705 e. The molecular weight excluding hydrogens is 395 g/mol. The fourth-order valence-electron chi connectivity index (χ4n) is 2.59. The summed E-state index contributed by atoms with van der Waals surface area (Å²) in [6, 6.07) is 16.4. The van der Waals surface area contributed by atoms with Crippen LogP contribution in [-0.4, -0.2) is 12.0 Å². The first-order valence-corrected chi connectivity index (χ1v) is 8.12. The van der Waals surface area contributed by atoms with Gasteiger partial charge in [0.15, 0.2) is 0 Å². The molecule has 0 aliphatic heterocycles. The minimum atomic E-state index is 0.0866. The summed E-state index contributed by atoms with van der Waals surface area (Å²) in [4.78, 5) is 4.44. The zero-order chi connectivity index (χ0) is 14.8. The Kier molecular flexibility index (Phi) is 4.42. The van der Waals surface area contributed by atoms with Crippen molar-refractivity contribution >= 4 is 45.1 Å². The molecule has 1 aromatic heterocycles. The normalized spacial score (nSPS) is 12.5. The van der Waals surface area contributed by atoms with Crippen LogP contribution in [0.3, 0.4) is 0 Å². The molecule has 3 aromatic rings. The molecule has 0 aliphatic rings. The van der Waals surface area contributed by atoms with Crippen molar-refractivity contribution in [3.05, 3.63) is 74.4 Å². The van der Waals surface area contributed by atoms with E-state index >= 15 is 0 Å². The summed E-state index contributed by atoms with van der Waals surface area (Å²) in [5.41, 5.74) is 3.40. The molecule has 0 saturated heterocycles. The maximum absolute atomic E-state index is 6.18. The molecule has 0 fully saturated rings. The van der Waals surface area contributed by atoms with Gasteiger partial charge in [-0.25, -0.2) is 0 Å². The van der Waals surface area contributed by atoms with Gasteiger partial charge < -0.3 is 5.32 Å². The average molecular weight is 409 g/mol. The third-order valence-corrected chi connectivity index (χ3v) is 4.77. The summed E-state index contributed by atoms with van der Waals surface area (Å²) < 4.78 is 1.19. The van der Waals surface area contributed by atoms with E-state index in [1.165, 1.54) is 14.7 Å². The fourth-order valence-corrected chi connectivity index (χ4v) is 3.42. The SMILES string of the molecule is CNC(c1cc(Cl)ccc1I)c1cccc2ncccc12. The van der Waals surface area contributed by atoms with E-state index in [2.05, 4.69) is 45.0 Å². The number of hydrogen-bond donors (Lipinski definition) is 1. The average Bonchev–Trinajstić information content (AvgIpc) is 2.51. The second-order valence-electron chi connectivity index (χ2n) is 4.80. The van der Waals surface area contributed by atoms with E-state index in [-0.39, 0.29) is 6.04 Å². The first kappa shape index (κ1) is 14.8. The number of fused-ring (bicyclic) bond motifs is 1. The monoisotopic (exact) mass is 408 g/mol. The zero-order valence-electron chi connectivity index (χ0n) is 11.5. The van der Waals surface area contributed by atoms with E-state index in [1.807, 2.05) is 49.6 Å². The Morgan fingerprint density at radius 2 is 1.95 bits per heavy atom. The van der Waals surface area contributed by atoms with Gasteiger partial charge in [-0.15, -0.1) is 0 Å². The minimum Gasteiger partial charge on any atom is -0.309 e. The minimum absolute atomic E-state index is 0.0866. The summed E-state index contributed by atoms with van der Waals surface area (Å²) >= 11 is 8.53. The molecule has 2 nitrogen and oxygen atoms in total. The van der Waals surface area contributed by atoms with E-state index in [4.69, 9.17) is 11.6 Å². The van der Waals surface area contributed by atoms with Crippen LogP contribution in [0.4, 0.5) is 0 Å². The Morgan fingerprint density at radius 3 is 2.76 bits per heavy atom. The lowest BCUT2D eigenvalue weighted by Crippen LogP contribution is -2.19. The summed E-state index contributed by atoms with van der Waals surface area (Å²) in [6.07, 6.45) is 1.82. The van der Waals surface area contributed by atoms with Crippen molar-refractivity contribution in [3.8, 4) is 0 Å². The second-order valence-corrected chi connectivity index (χ2v) is 6.40. The smallest absolute Gasteiger partial charge is 0.0705 e. The first-order chi connectivity index (χ1) is 10.2. The van der Waals surface area contributed by atoms with Crippen LogP contribution in [0.15, 0.2) is 54.7 Å². The second kappa shape index (κ2) is 6.30. The van der Waals surface area contributed by atoms with Gasteiger partial charge in [0, 0.05) is 20.2 Å². The van der Waals surface area contributed by atoms with Crippen LogP contribution >= 0.6 is 34.2 Å². The number of hydrogen-bond acceptors (Lipinski definition) is 2. The van der Waals surface area contributed by atoms with Gasteiger partial charge in [0.1, 0.15) is 0 Å². The van der Waals surface area contributed by atoms with Gasteiger partial charge in [0.25, 0.3) is 0 Å². The Bertz CT molecular complexity index is 783. The predicted octanol–water partition coefficient (Wildman–Crippen LogP) is 4.80. The van der Waals surface area contributed by atoms with Crippen LogP contribution in [0.2, 0.25) is 5.02 Å². The molecule has 0 amide bonds. The summed E-state index contributed by atoms with van der Waals surface area (Å²) in [5, 5.41) is 5.32. The van der Waals surface area contributed by atoms with Gasteiger partial charge in [-0.05, 0) is 71.1 Å². The summed E-state index contributed by atoms with van der Waals surface area (Å²) in [6.45, 7) is 0. The van der Waals surface area contributed by atoms with Crippen LogP contribution in [-0.2, 0) is 0 Å². The Morgan fingerprint density at radius 1 is 1.10 bits per heavy atom. The van der Waals surface area contributed by atoms with Crippen LogP contribution in [0.25, 0.3) is 10.9 Å². The number of benzene rings is 2. The number of rotatable bonds is 3. The maximum atomic E-state index is 6.18. The van der Waals surface area contributed by atoms with Crippen molar-refractivity contribution in [2.45, 2.75) is 6.04 Å². The molecule has 0 radical (unpaired) electrons. The molecule has 1 unspecified atom stereocenters. The van der Waals surface area contributed by atoms with E-state index in [0.717, 1.165) is 15.9 Å². The number of pyridine rings is 1. The highest BCUT2D eigenvalue weighted by Gasteiger charge is 2.17. The largest absolute Gasteiger partial charge is 0.309 e. The third kappa shape index (κ3) is 2.91. The quantitative estimate of drug-likeness (QED) is 0.630. The molecule has 4 heteroatoms. The molecule has 0 aliphatic carbocycles. The van der Waals surface area contributed by atoms with Gasteiger partial charge in [0.2, 0.25) is 0 Å². The summed E-state index contributed by atoms with van der Waals surface area (Å²) in [5.74, 6) is 0. The predicted molar refractivity (Wildman–Crippen MR) is 96.8 cm³/mol. The van der Waals surface area contributed by atoms with Gasteiger partial charge in [0.05, 0.1) is 11.6 Å². The third-order valence-electron chi connectivity index (χ3n) is 3.55. The Hall–Kier alpha value is -1.17. The first-order valence-electron chi connectivity index (χ1n) is 6.66. The van der Waals surface area contributed by atoms with Gasteiger partial charge in [-0.3, -0.25) is 4.98 Å². The van der Waals surface area contributed by atoms with Crippen molar-refractivity contribution < 1.29 is 0 Å². The van der Waals surface area contributed by atoms with Crippen molar-refractivity contribution in [2.75, 3.05) is 7.05 Å². The highest BCUT2D eigenvalue weighted by molar-refractivity contribution is 14.1. The van der Waals surface area contributed by atoms with Crippen molar-refractivity contribution in [3.63, 3.8) is 0 Å². The van der Waals surface area contributed by atoms with Crippen molar-refractivity contribution in [1.82, 2.24) is 10.3 Å². The molecule has 0 saturated carbocycles. The van der Waals surface area contributed by atoms with Crippen LogP contribution < -0.4 is 5.32 Å². The molecule has 3 rings (SSSR count). The molecule has 0 bridgehead atoms. The molecule has 1 heterocycles.